The van der Waals surface area contributed by atoms with Crippen LogP contribution in [0.2, 0.25) is 0 Å². The van der Waals surface area contributed by atoms with E-state index >= 15 is 0 Å². The summed E-state index contributed by atoms with van der Waals surface area (Å²) >= 11 is 0. The van der Waals surface area contributed by atoms with E-state index in [1.807, 2.05) is 30.3 Å². The van der Waals surface area contributed by atoms with Crippen LogP contribution in [-0.4, -0.2) is 53.8 Å². The molecule has 27 heavy (non-hydrogen) atoms. The van der Waals surface area contributed by atoms with E-state index in [9.17, 15) is 19.0 Å². The van der Waals surface area contributed by atoms with E-state index in [1.165, 1.54) is 12.1 Å². The number of aromatic hydroxyl groups is 1. The number of phenols is 1. The predicted molar refractivity (Wildman–Crippen MR) is 98.1 cm³/mol. The molecule has 1 aliphatic heterocycles. The van der Waals surface area contributed by atoms with E-state index in [0.717, 1.165) is 5.56 Å². The molecule has 146 valence electrons. The molecule has 0 aromatic heterocycles. The van der Waals surface area contributed by atoms with Crippen molar-refractivity contribution in [3.8, 4) is 11.5 Å². The molecule has 3 N–H and O–H groups in total. The number of aliphatic hydroxyl groups excluding tert-OH is 1. The van der Waals surface area contributed by atoms with E-state index in [1.54, 1.807) is 11.0 Å². The first-order chi connectivity index (χ1) is 13.0. The maximum Gasteiger partial charge on any atom is 0.290 e. The second-order valence-electron chi connectivity index (χ2n) is 6.60. The number of benzene rings is 2. The van der Waals surface area contributed by atoms with Crippen molar-refractivity contribution in [1.82, 2.24) is 10.2 Å². The van der Waals surface area contributed by atoms with Crippen molar-refractivity contribution in [3.05, 3.63) is 59.7 Å². The Bertz CT molecular complexity index is 737. The third-order valence-corrected chi connectivity index (χ3v) is 4.67. The first kappa shape index (κ1) is 19.5. The van der Waals surface area contributed by atoms with Gasteiger partial charge in [-0.2, -0.15) is 0 Å². The third kappa shape index (κ3) is 4.74. The lowest BCUT2D eigenvalue weighted by Gasteiger charge is -2.39. The molecular weight excluding hydrogens is 354 g/mol. The molecule has 7 heteroatoms. The zero-order valence-corrected chi connectivity index (χ0v) is 14.9. The molecule has 1 aliphatic rings. The first-order valence-electron chi connectivity index (χ1n) is 8.94. The molecule has 0 unspecified atom stereocenters. The van der Waals surface area contributed by atoms with Gasteiger partial charge in [0, 0.05) is 37.8 Å². The second-order valence-corrected chi connectivity index (χ2v) is 6.60. The van der Waals surface area contributed by atoms with E-state index in [0.29, 0.717) is 38.5 Å². The van der Waals surface area contributed by atoms with Gasteiger partial charge >= 0.3 is 0 Å². The Labute approximate surface area is 157 Å². The number of piperazine rings is 1. The van der Waals surface area contributed by atoms with Crippen LogP contribution < -0.4 is 10.1 Å². The molecule has 0 radical (unpaired) electrons. The molecule has 0 spiro atoms. The lowest BCUT2D eigenvalue weighted by molar-refractivity contribution is -0.119. The van der Waals surface area contributed by atoms with Crippen molar-refractivity contribution in [1.29, 1.82) is 0 Å². The number of alkyl halides is 2. The number of hydrogen-bond acceptors (Lipinski definition) is 5. The first-order valence-corrected chi connectivity index (χ1v) is 8.94. The fraction of sp³-hybridized carbons (Fsp3) is 0.400. The van der Waals surface area contributed by atoms with Gasteiger partial charge in [0.25, 0.3) is 5.92 Å². The third-order valence-electron chi connectivity index (χ3n) is 4.67. The predicted octanol–water partition coefficient (Wildman–Crippen LogP) is 2.55. The summed E-state index contributed by atoms with van der Waals surface area (Å²) in [7, 11) is 0. The van der Waals surface area contributed by atoms with E-state index in [4.69, 9.17) is 4.74 Å². The van der Waals surface area contributed by atoms with Gasteiger partial charge in [-0.15, -0.1) is 0 Å². The van der Waals surface area contributed by atoms with Crippen LogP contribution in [0.15, 0.2) is 48.5 Å². The summed E-state index contributed by atoms with van der Waals surface area (Å²) in [6.07, 6.45) is 0. The van der Waals surface area contributed by atoms with Crippen molar-refractivity contribution in [2.75, 3.05) is 32.8 Å². The monoisotopic (exact) mass is 378 g/mol. The Morgan fingerprint density at radius 1 is 1.11 bits per heavy atom. The van der Waals surface area contributed by atoms with Crippen LogP contribution in [0, 0.1) is 0 Å². The molecule has 1 heterocycles. The van der Waals surface area contributed by atoms with Gasteiger partial charge in [0.05, 0.1) is 0 Å². The summed E-state index contributed by atoms with van der Waals surface area (Å²) in [6, 6.07) is 12.5. The van der Waals surface area contributed by atoms with Crippen molar-refractivity contribution < 1.29 is 23.7 Å². The Hall–Kier alpha value is -2.22. The highest BCUT2D eigenvalue weighted by atomic mass is 19.3. The van der Waals surface area contributed by atoms with Crippen molar-refractivity contribution in [2.45, 2.75) is 18.6 Å². The standard InChI is InChI=1S/C20H24F2N2O3/c21-20(22,14-25)19(24-10-8-23-9-11-24)17-7-6-16(12-18(17)26)27-13-15-4-2-1-3-5-15/h1-7,12,19,23,25-26H,8-11,13-14H2/t19-/m0/s1. The topological polar surface area (TPSA) is 65.0 Å². The SMILES string of the molecule is OCC(F)(F)[C@H](c1ccc(OCc2ccccc2)cc1O)N1CCNCC1. The summed E-state index contributed by atoms with van der Waals surface area (Å²) in [6.45, 7) is 1.01. The molecule has 1 saturated heterocycles. The molecule has 0 saturated carbocycles. The van der Waals surface area contributed by atoms with Gasteiger partial charge in [0.2, 0.25) is 0 Å². The Morgan fingerprint density at radius 2 is 1.81 bits per heavy atom. The van der Waals surface area contributed by atoms with Gasteiger partial charge < -0.3 is 20.3 Å². The van der Waals surface area contributed by atoms with E-state index in [2.05, 4.69) is 5.32 Å². The number of aliphatic hydroxyl groups is 1. The molecule has 2 aromatic rings. The van der Waals surface area contributed by atoms with Crippen molar-refractivity contribution >= 4 is 0 Å². The highest BCUT2D eigenvalue weighted by Gasteiger charge is 2.45. The Morgan fingerprint density at radius 3 is 2.44 bits per heavy atom. The number of hydrogen-bond donors (Lipinski definition) is 3. The minimum absolute atomic E-state index is 0.0861. The molecule has 0 amide bonds. The van der Waals surface area contributed by atoms with Gasteiger partial charge in [-0.25, -0.2) is 8.78 Å². The molecule has 0 bridgehead atoms. The number of phenolic OH excluding ortho intramolecular Hbond substituents is 1. The zero-order chi connectivity index (χ0) is 19.3. The number of nitrogens with zero attached hydrogens (tertiary/aromatic N) is 1. The van der Waals surface area contributed by atoms with Gasteiger partial charge in [-0.3, -0.25) is 4.90 Å². The average Bonchev–Trinajstić information content (AvgIpc) is 2.69. The molecule has 1 atom stereocenters. The highest BCUT2D eigenvalue weighted by Crippen LogP contribution is 2.41. The molecule has 3 rings (SSSR count). The van der Waals surface area contributed by atoms with Crippen LogP contribution in [0.4, 0.5) is 8.78 Å². The lowest BCUT2D eigenvalue weighted by atomic mass is 9.97. The number of rotatable bonds is 7. The minimum atomic E-state index is -3.37. The highest BCUT2D eigenvalue weighted by molar-refractivity contribution is 5.42. The normalized spacial score (nSPS) is 16.9. The second kappa shape index (κ2) is 8.65. The maximum atomic E-state index is 14.5. The van der Waals surface area contributed by atoms with Crippen LogP contribution >= 0.6 is 0 Å². The van der Waals surface area contributed by atoms with Gasteiger partial charge in [-0.05, 0) is 17.7 Å². The van der Waals surface area contributed by atoms with Crippen LogP contribution in [0.5, 0.6) is 11.5 Å². The summed E-state index contributed by atoms with van der Waals surface area (Å²) in [5, 5.41) is 22.7. The largest absolute Gasteiger partial charge is 0.507 e. The summed E-state index contributed by atoms with van der Waals surface area (Å²) in [5.74, 6) is -3.25. The number of ether oxygens (including phenoxy) is 1. The zero-order valence-electron chi connectivity index (χ0n) is 14.9. The summed E-state index contributed by atoms with van der Waals surface area (Å²) in [4.78, 5) is 1.59. The smallest absolute Gasteiger partial charge is 0.290 e. The van der Waals surface area contributed by atoms with Crippen LogP contribution in [-0.2, 0) is 6.61 Å². The summed E-state index contributed by atoms with van der Waals surface area (Å²) < 4.78 is 34.6. The molecule has 5 nitrogen and oxygen atoms in total. The average molecular weight is 378 g/mol. The van der Waals surface area contributed by atoms with Crippen LogP contribution in [0.25, 0.3) is 0 Å². The maximum absolute atomic E-state index is 14.5. The van der Waals surface area contributed by atoms with Crippen LogP contribution in [0.1, 0.15) is 17.2 Å². The van der Waals surface area contributed by atoms with Crippen molar-refractivity contribution in [2.24, 2.45) is 0 Å². The fourth-order valence-electron chi connectivity index (χ4n) is 3.30. The van der Waals surface area contributed by atoms with E-state index in [-0.39, 0.29) is 11.3 Å². The molecule has 2 aromatic carbocycles. The minimum Gasteiger partial charge on any atom is -0.507 e. The van der Waals surface area contributed by atoms with Gasteiger partial charge in [-0.1, -0.05) is 30.3 Å². The van der Waals surface area contributed by atoms with Crippen molar-refractivity contribution in [3.63, 3.8) is 0 Å². The van der Waals surface area contributed by atoms with Gasteiger partial charge in [0.1, 0.15) is 30.8 Å². The quantitative estimate of drug-likeness (QED) is 0.691. The molecule has 1 fully saturated rings. The van der Waals surface area contributed by atoms with Gasteiger partial charge in [0.15, 0.2) is 0 Å². The van der Waals surface area contributed by atoms with E-state index < -0.39 is 18.6 Å². The molecular formula is C20H24F2N2O3. The Kier molecular flexibility index (Phi) is 6.26. The summed E-state index contributed by atoms with van der Waals surface area (Å²) in [5.41, 5.74) is 1.05. The number of halogens is 2. The fourth-order valence-corrected chi connectivity index (χ4v) is 3.30. The van der Waals surface area contributed by atoms with Crippen LogP contribution in [0.3, 0.4) is 0 Å². The number of nitrogens with one attached hydrogen (secondary N) is 1. The Balaban J connectivity index is 1.80. The molecule has 0 aliphatic carbocycles. The lowest BCUT2D eigenvalue weighted by Crippen LogP contribution is -2.51.